The third kappa shape index (κ3) is 3.25. The van der Waals surface area contributed by atoms with Crippen LogP contribution in [0.25, 0.3) is 10.9 Å². The second-order valence-electron chi connectivity index (χ2n) is 7.74. The zero-order chi connectivity index (χ0) is 18.9. The molecule has 2 aromatic heterocycles. The second kappa shape index (κ2) is 7.68. The van der Waals surface area contributed by atoms with Crippen molar-refractivity contribution in [2.75, 3.05) is 42.6 Å². The summed E-state index contributed by atoms with van der Waals surface area (Å²) in [6, 6.07) is 9.33. The maximum Gasteiger partial charge on any atom is 0.140 e. The van der Waals surface area contributed by atoms with Crippen molar-refractivity contribution in [2.24, 2.45) is 0 Å². The lowest BCUT2D eigenvalue weighted by Gasteiger charge is -2.40. The van der Waals surface area contributed by atoms with E-state index in [1.807, 2.05) is 0 Å². The van der Waals surface area contributed by atoms with Gasteiger partial charge in [-0.3, -0.25) is 0 Å². The van der Waals surface area contributed by atoms with Gasteiger partial charge in [0.2, 0.25) is 0 Å². The molecule has 2 fully saturated rings. The van der Waals surface area contributed by atoms with Crippen molar-refractivity contribution in [3.63, 3.8) is 0 Å². The highest BCUT2D eigenvalue weighted by Gasteiger charge is 2.31. The third-order valence-electron chi connectivity index (χ3n) is 6.21. The number of thiophene rings is 1. The van der Waals surface area contributed by atoms with Gasteiger partial charge in [0.1, 0.15) is 12.1 Å². The molecular formula is C22H26N4OS. The van der Waals surface area contributed by atoms with E-state index in [4.69, 9.17) is 9.72 Å². The van der Waals surface area contributed by atoms with Crippen molar-refractivity contribution in [1.29, 1.82) is 0 Å². The summed E-state index contributed by atoms with van der Waals surface area (Å²) in [6.07, 6.45) is 4.17. The van der Waals surface area contributed by atoms with Gasteiger partial charge in [0.25, 0.3) is 0 Å². The van der Waals surface area contributed by atoms with Crippen LogP contribution in [0.4, 0.5) is 11.5 Å². The fraction of sp³-hybridized carbons (Fsp3) is 0.455. The molecule has 0 N–H and O–H groups in total. The van der Waals surface area contributed by atoms with E-state index in [0.717, 1.165) is 49.6 Å². The Morgan fingerprint density at radius 1 is 1.11 bits per heavy atom. The summed E-state index contributed by atoms with van der Waals surface area (Å²) in [5.74, 6) is 1.64. The SMILES string of the molecule is CC1C(c2ccsc2)CCCN1c1ncnc2cc(N3CCOCC3)ccc12. The second-order valence-corrected chi connectivity index (χ2v) is 8.52. The number of piperidine rings is 1. The van der Waals surface area contributed by atoms with Crippen molar-refractivity contribution < 1.29 is 4.74 Å². The van der Waals surface area contributed by atoms with Crippen molar-refractivity contribution in [3.05, 3.63) is 46.9 Å². The van der Waals surface area contributed by atoms with E-state index in [1.54, 1.807) is 17.7 Å². The number of aromatic nitrogens is 2. The summed E-state index contributed by atoms with van der Waals surface area (Å²) < 4.78 is 5.49. The molecule has 3 aromatic rings. The zero-order valence-corrected chi connectivity index (χ0v) is 17.1. The highest BCUT2D eigenvalue weighted by atomic mass is 32.1. The third-order valence-corrected chi connectivity index (χ3v) is 6.91. The Morgan fingerprint density at radius 3 is 2.82 bits per heavy atom. The van der Waals surface area contributed by atoms with Crippen LogP contribution in [0, 0.1) is 0 Å². The first-order chi connectivity index (χ1) is 13.8. The minimum absolute atomic E-state index is 0.431. The van der Waals surface area contributed by atoms with Crippen LogP contribution in [-0.2, 0) is 4.74 Å². The molecule has 2 aliphatic rings. The van der Waals surface area contributed by atoms with Gasteiger partial charge < -0.3 is 14.5 Å². The van der Waals surface area contributed by atoms with Crippen LogP contribution in [-0.4, -0.2) is 48.9 Å². The monoisotopic (exact) mass is 394 g/mol. The summed E-state index contributed by atoms with van der Waals surface area (Å²) in [6.45, 7) is 6.87. The minimum atomic E-state index is 0.431. The quantitative estimate of drug-likeness (QED) is 0.662. The Hall–Kier alpha value is -2.18. The van der Waals surface area contributed by atoms with Crippen LogP contribution in [0.15, 0.2) is 41.4 Å². The van der Waals surface area contributed by atoms with Gasteiger partial charge in [-0.2, -0.15) is 11.3 Å². The van der Waals surface area contributed by atoms with Crippen molar-refractivity contribution in [2.45, 2.75) is 31.7 Å². The molecule has 0 bridgehead atoms. The maximum absolute atomic E-state index is 5.49. The summed E-state index contributed by atoms with van der Waals surface area (Å²) >= 11 is 1.79. The van der Waals surface area contributed by atoms with E-state index in [9.17, 15) is 0 Å². The lowest BCUT2D eigenvalue weighted by molar-refractivity contribution is 0.122. The first-order valence-corrected chi connectivity index (χ1v) is 11.1. The molecular weight excluding hydrogens is 368 g/mol. The van der Waals surface area contributed by atoms with Gasteiger partial charge in [-0.15, -0.1) is 0 Å². The molecule has 2 saturated heterocycles. The number of fused-ring (bicyclic) bond motifs is 1. The molecule has 0 saturated carbocycles. The molecule has 6 heteroatoms. The summed E-state index contributed by atoms with van der Waals surface area (Å²) in [5, 5.41) is 5.64. The van der Waals surface area contributed by atoms with Gasteiger partial charge in [-0.1, -0.05) is 0 Å². The highest BCUT2D eigenvalue weighted by Crippen LogP contribution is 2.37. The number of hydrogen-bond acceptors (Lipinski definition) is 6. The van der Waals surface area contributed by atoms with E-state index < -0.39 is 0 Å². The van der Waals surface area contributed by atoms with Gasteiger partial charge in [0.15, 0.2) is 0 Å². The van der Waals surface area contributed by atoms with E-state index in [0.29, 0.717) is 12.0 Å². The van der Waals surface area contributed by atoms with Crippen LogP contribution < -0.4 is 9.80 Å². The fourth-order valence-corrected chi connectivity index (χ4v) is 5.38. The Kier molecular flexibility index (Phi) is 4.91. The van der Waals surface area contributed by atoms with Gasteiger partial charge in [0.05, 0.1) is 18.7 Å². The van der Waals surface area contributed by atoms with Gasteiger partial charge in [-0.05, 0) is 60.4 Å². The van der Waals surface area contributed by atoms with Gasteiger partial charge in [0, 0.05) is 42.7 Å². The number of rotatable bonds is 3. The molecule has 1 aromatic carbocycles. The first-order valence-electron chi connectivity index (χ1n) is 10.2. The zero-order valence-electron chi connectivity index (χ0n) is 16.3. The van der Waals surface area contributed by atoms with Crippen LogP contribution in [0.2, 0.25) is 0 Å². The molecule has 2 unspecified atom stereocenters. The van der Waals surface area contributed by atoms with Crippen LogP contribution >= 0.6 is 11.3 Å². The van der Waals surface area contributed by atoms with E-state index in [-0.39, 0.29) is 0 Å². The van der Waals surface area contributed by atoms with Crippen molar-refractivity contribution in [1.82, 2.24) is 9.97 Å². The first kappa shape index (κ1) is 17.9. The molecule has 0 aliphatic carbocycles. The van der Waals surface area contributed by atoms with Crippen molar-refractivity contribution >= 4 is 33.7 Å². The van der Waals surface area contributed by atoms with E-state index >= 15 is 0 Å². The molecule has 4 heterocycles. The Labute approximate surface area is 170 Å². The number of morpholine rings is 1. The molecule has 2 aliphatic heterocycles. The van der Waals surface area contributed by atoms with Crippen LogP contribution in [0.5, 0.6) is 0 Å². The average molecular weight is 395 g/mol. The Balaban J connectivity index is 1.48. The Morgan fingerprint density at radius 2 is 2.00 bits per heavy atom. The molecule has 2 atom stereocenters. The molecule has 0 radical (unpaired) electrons. The highest BCUT2D eigenvalue weighted by molar-refractivity contribution is 7.08. The fourth-order valence-electron chi connectivity index (χ4n) is 4.65. The smallest absolute Gasteiger partial charge is 0.140 e. The molecule has 28 heavy (non-hydrogen) atoms. The summed E-state index contributed by atoms with van der Waals surface area (Å²) in [4.78, 5) is 14.2. The Bertz CT molecular complexity index is 939. The van der Waals surface area contributed by atoms with E-state index in [1.165, 1.54) is 24.1 Å². The molecule has 5 rings (SSSR count). The maximum atomic E-state index is 5.49. The van der Waals surface area contributed by atoms with Gasteiger partial charge in [-0.25, -0.2) is 9.97 Å². The van der Waals surface area contributed by atoms with Crippen LogP contribution in [0.1, 0.15) is 31.2 Å². The molecule has 0 spiro atoms. The predicted molar refractivity (Wildman–Crippen MR) is 116 cm³/mol. The standard InChI is InChI=1S/C22H26N4OS/c1-16-19(17-6-12-28-14-17)3-2-7-26(16)22-20-5-4-18(13-21(20)23-15-24-22)25-8-10-27-11-9-25/h4-6,12-16,19H,2-3,7-11H2,1H3. The van der Waals surface area contributed by atoms with Crippen LogP contribution in [0.3, 0.4) is 0 Å². The molecule has 5 nitrogen and oxygen atoms in total. The molecule has 146 valence electrons. The van der Waals surface area contributed by atoms with Crippen molar-refractivity contribution in [3.8, 4) is 0 Å². The number of nitrogens with zero attached hydrogens (tertiary/aromatic N) is 4. The molecule has 0 amide bonds. The van der Waals surface area contributed by atoms with E-state index in [2.05, 4.69) is 56.7 Å². The number of benzene rings is 1. The average Bonchev–Trinajstić information content (AvgIpc) is 3.28. The number of anilines is 2. The number of ether oxygens (including phenoxy) is 1. The minimum Gasteiger partial charge on any atom is -0.378 e. The number of hydrogen-bond donors (Lipinski definition) is 0. The summed E-state index contributed by atoms with van der Waals surface area (Å²) in [5.41, 5.74) is 3.72. The predicted octanol–water partition coefficient (Wildman–Crippen LogP) is 4.30. The lowest BCUT2D eigenvalue weighted by Crippen LogP contribution is -2.42. The topological polar surface area (TPSA) is 41.5 Å². The normalized spacial score (nSPS) is 23.3. The lowest BCUT2D eigenvalue weighted by atomic mass is 9.85. The summed E-state index contributed by atoms with van der Waals surface area (Å²) in [7, 11) is 0. The largest absolute Gasteiger partial charge is 0.378 e. The van der Waals surface area contributed by atoms with Gasteiger partial charge >= 0.3 is 0 Å².